The van der Waals surface area contributed by atoms with Crippen molar-refractivity contribution >= 4 is 17.3 Å². The summed E-state index contributed by atoms with van der Waals surface area (Å²) in [7, 11) is 0. The molecular weight excluding hydrogens is 280 g/mol. The minimum Gasteiger partial charge on any atom is -0.384 e. The third-order valence-electron chi connectivity index (χ3n) is 3.63. The minimum absolute atomic E-state index is 0.412. The number of hydrogen-bond donors (Lipinski definition) is 2. The first-order valence-corrected chi connectivity index (χ1v) is 7.87. The van der Waals surface area contributed by atoms with Gasteiger partial charge in [-0.3, -0.25) is 0 Å². The van der Waals surface area contributed by atoms with Crippen LogP contribution in [-0.4, -0.2) is 13.1 Å². The van der Waals surface area contributed by atoms with Gasteiger partial charge in [0.25, 0.3) is 0 Å². The second-order valence-electron chi connectivity index (χ2n) is 5.22. The summed E-state index contributed by atoms with van der Waals surface area (Å²) in [6.07, 6.45) is 1.08. The van der Waals surface area contributed by atoms with Crippen molar-refractivity contribution in [2.75, 3.05) is 18.4 Å². The fourth-order valence-electron chi connectivity index (χ4n) is 2.34. The molecule has 2 aromatic rings. The number of rotatable bonds is 7. The smallest absolute Gasteiger partial charge is 0.0455 e. The largest absolute Gasteiger partial charge is 0.384 e. The van der Waals surface area contributed by atoms with Gasteiger partial charge in [0.05, 0.1) is 0 Å². The Morgan fingerprint density at radius 3 is 2.48 bits per heavy atom. The molecule has 2 N–H and O–H groups in total. The molecule has 0 saturated heterocycles. The SMILES string of the molecule is CCC(NCCNc1ccc(C)c(Cl)c1)c1ccccc1. The highest BCUT2D eigenvalue weighted by molar-refractivity contribution is 6.31. The van der Waals surface area contributed by atoms with E-state index in [1.165, 1.54) is 5.56 Å². The third-order valence-corrected chi connectivity index (χ3v) is 4.03. The molecule has 0 aliphatic heterocycles. The van der Waals surface area contributed by atoms with Crippen molar-refractivity contribution in [3.8, 4) is 0 Å². The highest BCUT2D eigenvalue weighted by atomic mass is 35.5. The molecule has 3 heteroatoms. The normalized spacial score (nSPS) is 12.1. The number of benzene rings is 2. The Labute approximate surface area is 132 Å². The Morgan fingerprint density at radius 1 is 1.05 bits per heavy atom. The van der Waals surface area contributed by atoms with Gasteiger partial charge >= 0.3 is 0 Å². The number of nitrogens with one attached hydrogen (secondary N) is 2. The highest BCUT2D eigenvalue weighted by Crippen LogP contribution is 2.20. The van der Waals surface area contributed by atoms with E-state index in [4.69, 9.17) is 11.6 Å². The molecule has 112 valence electrons. The van der Waals surface area contributed by atoms with E-state index in [1.54, 1.807) is 0 Å². The van der Waals surface area contributed by atoms with Gasteiger partial charge in [0.2, 0.25) is 0 Å². The topological polar surface area (TPSA) is 24.1 Å². The lowest BCUT2D eigenvalue weighted by Gasteiger charge is -2.18. The van der Waals surface area contributed by atoms with Crippen molar-refractivity contribution in [2.45, 2.75) is 26.3 Å². The molecule has 0 fully saturated rings. The lowest BCUT2D eigenvalue weighted by molar-refractivity contribution is 0.531. The molecule has 1 unspecified atom stereocenters. The van der Waals surface area contributed by atoms with Crippen LogP contribution in [0.15, 0.2) is 48.5 Å². The molecule has 0 heterocycles. The third kappa shape index (κ3) is 4.76. The summed E-state index contributed by atoms with van der Waals surface area (Å²) in [5, 5.41) is 7.79. The molecule has 21 heavy (non-hydrogen) atoms. The summed E-state index contributed by atoms with van der Waals surface area (Å²) in [4.78, 5) is 0. The van der Waals surface area contributed by atoms with Gasteiger partial charge < -0.3 is 10.6 Å². The maximum atomic E-state index is 6.12. The van der Waals surface area contributed by atoms with Crippen LogP contribution in [0.2, 0.25) is 5.02 Å². The van der Waals surface area contributed by atoms with Crippen LogP contribution >= 0.6 is 11.6 Å². The summed E-state index contributed by atoms with van der Waals surface area (Å²) < 4.78 is 0. The summed E-state index contributed by atoms with van der Waals surface area (Å²) in [6.45, 7) is 6.01. The van der Waals surface area contributed by atoms with E-state index in [2.05, 4.69) is 54.0 Å². The lowest BCUT2D eigenvalue weighted by atomic mass is 10.0. The van der Waals surface area contributed by atoms with Gasteiger partial charge in [0, 0.05) is 29.8 Å². The molecule has 0 aliphatic rings. The number of aryl methyl sites for hydroxylation is 1. The predicted octanol–water partition coefficient (Wildman–Crippen LogP) is 4.80. The summed E-state index contributed by atoms with van der Waals surface area (Å²) in [5.41, 5.74) is 3.52. The lowest BCUT2D eigenvalue weighted by Crippen LogP contribution is -2.26. The van der Waals surface area contributed by atoms with Gasteiger partial charge in [-0.2, -0.15) is 0 Å². The Hall–Kier alpha value is -1.51. The van der Waals surface area contributed by atoms with Gasteiger partial charge in [-0.25, -0.2) is 0 Å². The van der Waals surface area contributed by atoms with Gasteiger partial charge in [0.15, 0.2) is 0 Å². The molecular formula is C18H23ClN2. The van der Waals surface area contributed by atoms with Crippen LogP contribution < -0.4 is 10.6 Å². The van der Waals surface area contributed by atoms with Crippen molar-refractivity contribution in [1.29, 1.82) is 0 Å². The van der Waals surface area contributed by atoms with Crippen molar-refractivity contribution < 1.29 is 0 Å². The Bertz CT molecular complexity index is 554. The molecule has 2 nitrogen and oxygen atoms in total. The zero-order chi connectivity index (χ0) is 15.1. The van der Waals surface area contributed by atoms with Gasteiger partial charge in [-0.1, -0.05) is 54.9 Å². The van der Waals surface area contributed by atoms with Crippen molar-refractivity contribution in [3.05, 3.63) is 64.7 Å². The average Bonchev–Trinajstić information content (AvgIpc) is 2.52. The molecule has 0 amide bonds. The van der Waals surface area contributed by atoms with E-state index >= 15 is 0 Å². The average molecular weight is 303 g/mol. The monoisotopic (exact) mass is 302 g/mol. The standard InChI is InChI=1S/C18H23ClN2/c1-3-18(15-7-5-4-6-8-15)21-12-11-20-16-10-9-14(2)17(19)13-16/h4-10,13,18,20-21H,3,11-12H2,1-2H3. The van der Waals surface area contributed by atoms with Crippen molar-refractivity contribution in [2.24, 2.45) is 0 Å². The van der Waals surface area contributed by atoms with Crippen molar-refractivity contribution in [1.82, 2.24) is 5.32 Å². The number of hydrogen-bond acceptors (Lipinski definition) is 2. The molecule has 0 saturated carbocycles. The van der Waals surface area contributed by atoms with Crippen LogP contribution in [0.25, 0.3) is 0 Å². The van der Waals surface area contributed by atoms with Gasteiger partial charge in [-0.05, 0) is 36.6 Å². The number of halogens is 1. The first-order chi connectivity index (χ1) is 10.2. The van der Waals surface area contributed by atoms with Crippen LogP contribution in [-0.2, 0) is 0 Å². The molecule has 0 spiro atoms. The van der Waals surface area contributed by atoms with Gasteiger partial charge in [0.1, 0.15) is 0 Å². The molecule has 0 aliphatic carbocycles. The zero-order valence-corrected chi connectivity index (χ0v) is 13.5. The highest BCUT2D eigenvalue weighted by Gasteiger charge is 2.07. The van der Waals surface area contributed by atoms with Crippen LogP contribution in [0.4, 0.5) is 5.69 Å². The van der Waals surface area contributed by atoms with Crippen LogP contribution in [0.3, 0.4) is 0 Å². The molecule has 0 aromatic heterocycles. The maximum Gasteiger partial charge on any atom is 0.0455 e. The minimum atomic E-state index is 0.412. The Kier molecular flexibility index (Phi) is 6.09. The summed E-state index contributed by atoms with van der Waals surface area (Å²) in [6, 6.07) is 17.1. The second-order valence-corrected chi connectivity index (χ2v) is 5.62. The van der Waals surface area contributed by atoms with Crippen LogP contribution in [0.5, 0.6) is 0 Å². The first-order valence-electron chi connectivity index (χ1n) is 7.49. The van der Waals surface area contributed by atoms with E-state index in [0.29, 0.717) is 6.04 Å². The van der Waals surface area contributed by atoms with Crippen molar-refractivity contribution in [3.63, 3.8) is 0 Å². The van der Waals surface area contributed by atoms with Gasteiger partial charge in [-0.15, -0.1) is 0 Å². The second kappa shape index (κ2) is 8.06. The van der Waals surface area contributed by atoms with E-state index in [1.807, 2.05) is 19.1 Å². The molecule has 1 atom stereocenters. The summed E-state index contributed by atoms with van der Waals surface area (Å²) in [5.74, 6) is 0. The summed E-state index contributed by atoms with van der Waals surface area (Å²) >= 11 is 6.12. The fraction of sp³-hybridized carbons (Fsp3) is 0.333. The van der Waals surface area contributed by atoms with E-state index in [0.717, 1.165) is 35.8 Å². The van der Waals surface area contributed by atoms with E-state index < -0.39 is 0 Å². The molecule has 2 rings (SSSR count). The maximum absolute atomic E-state index is 6.12. The first kappa shape index (κ1) is 15.9. The van der Waals surface area contributed by atoms with E-state index in [9.17, 15) is 0 Å². The number of anilines is 1. The molecule has 0 bridgehead atoms. The zero-order valence-electron chi connectivity index (χ0n) is 12.7. The van der Waals surface area contributed by atoms with Crippen LogP contribution in [0.1, 0.15) is 30.5 Å². The molecule has 2 aromatic carbocycles. The fourth-order valence-corrected chi connectivity index (χ4v) is 2.52. The predicted molar refractivity (Wildman–Crippen MR) is 92.2 cm³/mol. The Balaban J connectivity index is 1.79. The quantitative estimate of drug-likeness (QED) is 0.718. The van der Waals surface area contributed by atoms with Crippen LogP contribution in [0, 0.1) is 6.92 Å². The molecule has 0 radical (unpaired) electrons. The Morgan fingerprint density at radius 2 is 1.81 bits per heavy atom. The van der Waals surface area contributed by atoms with E-state index in [-0.39, 0.29) is 0 Å².